The Hall–Kier alpha value is -2.00. The van der Waals surface area contributed by atoms with Gasteiger partial charge in [0.1, 0.15) is 5.75 Å². The van der Waals surface area contributed by atoms with E-state index in [9.17, 15) is 9.90 Å². The van der Waals surface area contributed by atoms with Gasteiger partial charge >= 0.3 is 5.97 Å². The molecule has 2 aromatic rings. The van der Waals surface area contributed by atoms with Crippen molar-refractivity contribution in [3.63, 3.8) is 0 Å². The Morgan fingerprint density at radius 2 is 1.81 bits per heavy atom. The number of carbonyl (C=O) groups is 1. The SMILES string of the molecule is Cc1ccc(CC(Oc2ccc(Cl)cc2)C(=O)O)cc1C. The molecule has 1 unspecified atom stereocenters. The number of carboxylic acid groups (broad SMARTS) is 1. The molecular formula is C17H17ClO3. The fraction of sp³-hybridized carbons (Fsp3) is 0.235. The van der Waals surface area contributed by atoms with Gasteiger partial charge in [-0.15, -0.1) is 0 Å². The van der Waals surface area contributed by atoms with E-state index in [0.29, 0.717) is 17.2 Å². The van der Waals surface area contributed by atoms with Crippen LogP contribution in [0.3, 0.4) is 0 Å². The van der Waals surface area contributed by atoms with Crippen LogP contribution in [0.5, 0.6) is 5.75 Å². The van der Waals surface area contributed by atoms with Gasteiger partial charge in [-0.3, -0.25) is 0 Å². The average molecular weight is 305 g/mol. The van der Waals surface area contributed by atoms with Crippen molar-refractivity contribution in [2.75, 3.05) is 0 Å². The van der Waals surface area contributed by atoms with E-state index in [-0.39, 0.29) is 0 Å². The lowest BCUT2D eigenvalue weighted by Crippen LogP contribution is -2.29. The number of ether oxygens (including phenoxy) is 1. The summed E-state index contributed by atoms with van der Waals surface area (Å²) in [7, 11) is 0. The minimum atomic E-state index is -0.983. The Morgan fingerprint density at radius 3 is 2.38 bits per heavy atom. The van der Waals surface area contributed by atoms with Gasteiger partial charge in [0.05, 0.1) is 0 Å². The molecule has 1 N–H and O–H groups in total. The van der Waals surface area contributed by atoms with Gasteiger partial charge in [-0.05, 0) is 54.8 Å². The standard InChI is InChI=1S/C17H17ClO3/c1-11-3-4-13(9-12(11)2)10-16(17(19)20)21-15-7-5-14(18)6-8-15/h3-9,16H,10H2,1-2H3,(H,19,20). The van der Waals surface area contributed by atoms with Crippen molar-refractivity contribution in [2.45, 2.75) is 26.4 Å². The summed E-state index contributed by atoms with van der Waals surface area (Å²) in [6.45, 7) is 4.03. The van der Waals surface area contributed by atoms with E-state index < -0.39 is 12.1 Å². The first-order chi connectivity index (χ1) is 9.95. The van der Waals surface area contributed by atoms with Crippen molar-refractivity contribution in [1.29, 1.82) is 0 Å². The molecule has 0 amide bonds. The maximum absolute atomic E-state index is 11.4. The van der Waals surface area contributed by atoms with Crippen LogP contribution in [0.4, 0.5) is 0 Å². The van der Waals surface area contributed by atoms with Gasteiger partial charge in [0, 0.05) is 11.4 Å². The molecule has 4 heteroatoms. The highest BCUT2D eigenvalue weighted by Gasteiger charge is 2.20. The molecule has 0 heterocycles. The van der Waals surface area contributed by atoms with E-state index in [1.807, 2.05) is 32.0 Å². The number of benzene rings is 2. The topological polar surface area (TPSA) is 46.5 Å². The van der Waals surface area contributed by atoms with E-state index in [4.69, 9.17) is 16.3 Å². The lowest BCUT2D eigenvalue weighted by atomic mass is 10.0. The molecule has 0 radical (unpaired) electrons. The van der Waals surface area contributed by atoms with E-state index in [2.05, 4.69) is 0 Å². The minimum absolute atomic E-state index is 0.319. The molecule has 0 aliphatic carbocycles. The van der Waals surface area contributed by atoms with Gasteiger partial charge in [0.15, 0.2) is 6.10 Å². The van der Waals surface area contributed by atoms with Crippen LogP contribution in [-0.4, -0.2) is 17.2 Å². The first-order valence-electron chi connectivity index (χ1n) is 6.67. The molecule has 0 aliphatic heterocycles. The maximum atomic E-state index is 11.4. The summed E-state index contributed by atoms with van der Waals surface area (Å²) in [6.07, 6.45) is -0.604. The molecule has 2 rings (SSSR count). The summed E-state index contributed by atoms with van der Waals surface area (Å²) < 4.78 is 5.55. The number of halogens is 1. The third-order valence-corrected chi connectivity index (χ3v) is 3.61. The average Bonchev–Trinajstić information content (AvgIpc) is 2.44. The third-order valence-electron chi connectivity index (χ3n) is 3.36. The maximum Gasteiger partial charge on any atom is 0.345 e. The molecule has 1 atom stereocenters. The molecule has 0 saturated carbocycles. The van der Waals surface area contributed by atoms with Crippen molar-refractivity contribution in [2.24, 2.45) is 0 Å². The van der Waals surface area contributed by atoms with Gasteiger partial charge in [0.25, 0.3) is 0 Å². The quantitative estimate of drug-likeness (QED) is 0.907. The molecular weight excluding hydrogens is 288 g/mol. The number of aliphatic carboxylic acids is 1. The second-order valence-corrected chi connectivity index (χ2v) is 5.46. The Morgan fingerprint density at radius 1 is 1.14 bits per heavy atom. The number of aryl methyl sites for hydroxylation is 2. The Labute approximate surface area is 129 Å². The second kappa shape index (κ2) is 6.64. The van der Waals surface area contributed by atoms with Gasteiger partial charge in [-0.25, -0.2) is 4.79 Å². The molecule has 0 fully saturated rings. The van der Waals surface area contributed by atoms with Gasteiger partial charge in [-0.1, -0.05) is 29.8 Å². The zero-order chi connectivity index (χ0) is 15.4. The monoisotopic (exact) mass is 304 g/mol. The molecule has 110 valence electrons. The predicted molar refractivity (Wildman–Crippen MR) is 83.1 cm³/mol. The van der Waals surface area contributed by atoms with Crippen molar-refractivity contribution >= 4 is 17.6 Å². The summed E-state index contributed by atoms with van der Waals surface area (Å²) in [5.74, 6) is -0.487. The molecule has 0 aromatic heterocycles. The Kier molecular flexibility index (Phi) is 4.86. The van der Waals surface area contributed by atoms with E-state index in [0.717, 1.165) is 11.1 Å². The first-order valence-corrected chi connectivity index (χ1v) is 7.04. The molecule has 0 saturated heterocycles. The highest BCUT2D eigenvalue weighted by atomic mass is 35.5. The zero-order valence-corrected chi connectivity index (χ0v) is 12.7. The molecule has 3 nitrogen and oxygen atoms in total. The van der Waals surface area contributed by atoms with Gasteiger partial charge in [0.2, 0.25) is 0 Å². The first kappa shape index (κ1) is 15.4. The van der Waals surface area contributed by atoms with Crippen LogP contribution in [-0.2, 0) is 11.2 Å². The third kappa shape index (κ3) is 4.23. The molecule has 2 aromatic carbocycles. The van der Waals surface area contributed by atoms with Crippen molar-refractivity contribution in [3.05, 3.63) is 64.2 Å². The van der Waals surface area contributed by atoms with E-state index in [1.165, 1.54) is 5.56 Å². The predicted octanol–water partition coefficient (Wildman–Crippen LogP) is 4.03. The number of carboxylic acids is 1. The number of hydrogen-bond acceptors (Lipinski definition) is 2. The molecule has 0 spiro atoms. The van der Waals surface area contributed by atoms with Crippen LogP contribution in [0, 0.1) is 13.8 Å². The highest BCUT2D eigenvalue weighted by molar-refractivity contribution is 6.30. The normalized spacial score (nSPS) is 12.0. The summed E-state index contributed by atoms with van der Waals surface area (Å²) in [6, 6.07) is 12.6. The van der Waals surface area contributed by atoms with Crippen LogP contribution in [0.2, 0.25) is 5.02 Å². The zero-order valence-electron chi connectivity index (χ0n) is 12.0. The Bertz CT molecular complexity index is 635. The summed E-state index contributed by atoms with van der Waals surface area (Å²) >= 11 is 5.80. The molecule has 0 aliphatic rings. The lowest BCUT2D eigenvalue weighted by Gasteiger charge is -2.16. The van der Waals surface area contributed by atoms with Crippen molar-refractivity contribution in [3.8, 4) is 5.75 Å². The van der Waals surface area contributed by atoms with Crippen molar-refractivity contribution in [1.82, 2.24) is 0 Å². The van der Waals surface area contributed by atoms with Crippen LogP contribution in [0.1, 0.15) is 16.7 Å². The number of rotatable bonds is 5. The van der Waals surface area contributed by atoms with E-state index in [1.54, 1.807) is 24.3 Å². The molecule has 0 bridgehead atoms. The van der Waals surface area contributed by atoms with Gasteiger partial charge < -0.3 is 9.84 Å². The van der Waals surface area contributed by atoms with Crippen LogP contribution in [0.15, 0.2) is 42.5 Å². The summed E-state index contributed by atoms with van der Waals surface area (Å²) in [5, 5.41) is 9.91. The van der Waals surface area contributed by atoms with Crippen LogP contribution in [0.25, 0.3) is 0 Å². The Balaban J connectivity index is 2.13. The highest BCUT2D eigenvalue weighted by Crippen LogP contribution is 2.19. The van der Waals surface area contributed by atoms with Crippen LogP contribution >= 0.6 is 11.6 Å². The largest absolute Gasteiger partial charge is 0.478 e. The number of hydrogen-bond donors (Lipinski definition) is 1. The fourth-order valence-electron chi connectivity index (χ4n) is 2.00. The summed E-state index contributed by atoms with van der Waals surface area (Å²) in [4.78, 5) is 11.4. The minimum Gasteiger partial charge on any atom is -0.478 e. The van der Waals surface area contributed by atoms with Gasteiger partial charge in [-0.2, -0.15) is 0 Å². The smallest absolute Gasteiger partial charge is 0.345 e. The lowest BCUT2D eigenvalue weighted by molar-refractivity contribution is -0.145. The van der Waals surface area contributed by atoms with E-state index >= 15 is 0 Å². The van der Waals surface area contributed by atoms with Crippen LogP contribution < -0.4 is 4.74 Å². The summed E-state index contributed by atoms with van der Waals surface area (Å²) in [5.41, 5.74) is 3.27. The molecule has 21 heavy (non-hydrogen) atoms. The van der Waals surface area contributed by atoms with Crippen molar-refractivity contribution < 1.29 is 14.6 Å². The fourth-order valence-corrected chi connectivity index (χ4v) is 2.13. The second-order valence-electron chi connectivity index (χ2n) is 5.02.